The first kappa shape index (κ1) is 8.85. The molecule has 3 atom stereocenters. The third-order valence-corrected chi connectivity index (χ3v) is 4.34. The number of rotatable bonds is 2. The molecule has 1 unspecified atom stereocenters. The molecule has 2 N–H and O–H groups in total. The first-order valence-electron chi connectivity index (χ1n) is 4.89. The van der Waals surface area contributed by atoms with Gasteiger partial charge in [0.1, 0.15) is 5.44 Å². The summed E-state index contributed by atoms with van der Waals surface area (Å²) in [5.74, 6) is 0. The molecule has 1 saturated heterocycles. The molecular weight excluding hydrogens is 170 g/mol. The zero-order valence-electron chi connectivity index (χ0n) is 7.37. The summed E-state index contributed by atoms with van der Waals surface area (Å²) in [7, 11) is 0. The van der Waals surface area contributed by atoms with Crippen LogP contribution in [0.2, 0.25) is 0 Å². The highest BCUT2D eigenvalue weighted by atomic mass is 32.2. The van der Waals surface area contributed by atoms with Gasteiger partial charge in [-0.1, -0.05) is 0 Å². The smallest absolute Gasteiger partial charge is 0.103 e. The maximum absolute atomic E-state index is 5.86. The first-order valence-corrected chi connectivity index (χ1v) is 5.83. The van der Waals surface area contributed by atoms with Crippen LogP contribution in [0.4, 0.5) is 0 Å². The standard InChI is InChI=1S/C9H17NOS/c10-7-4-5-8(7)12-9-3-1-2-6-11-9/h7-9H,1-6,10H2/t7-,8-,9?/m1/s1. The van der Waals surface area contributed by atoms with Crippen molar-refractivity contribution in [1.29, 1.82) is 0 Å². The van der Waals surface area contributed by atoms with Crippen LogP contribution in [0, 0.1) is 0 Å². The van der Waals surface area contributed by atoms with E-state index in [-0.39, 0.29) is 0 Å². The van der Waals surface area contributed by atoms with Crippen molar-refractivity contribution in [3.63, 3.8) is 0 Å². The van der Waals surface area contributed by atoms with Crippen molar-refractivity contribution in [1.82, 2.24) is 0 Å². The van der Waals surface area contributed by atoms with Crippen LogP contribution in [-0.2, 0) is 4.74 Å². The van der Waals surface area contributed by atoms with E-state index in [4.69, 9.17) is 10.5 Å². The predicted octanol–water partition coefficient (Wildman–Crippen LogP) is 1.74. The van der Waals surface area contributed by atoms with Gasteiger partial charge in [0.2, 0.25) is 0 Å². The average molecular weight is 187 g/mol. The van der Waals surface area contributed by atoms with Gasteiger partial charge in [-0.25, -0.2) is 0 Å². The molecule has 0 bridgehead atoms. The summed E-state index contributed by atoms with van der Waals surface area (Å²) in [4.78, 5) is 0. The molecule has 0 spiro atoms. The molecule has 2 aliphatic rings. The molecule has 2 fully saturated rings. The zero-order valence-corrected chi connectivity index (χ0v) is 8.19. The van der Waals surface area contributed by atoms with Crippen LogP contribution in [0.15, 0.2) is 0 Å². The van der Waals surface area contributed by atoms with Crippen LogP contribution >= 0.6 is 11.8 Å². The van der Waals surface area contributed by atoms with E-state index in [9.17, 15) is 0 Å². The molecular formula is C9H17NOS. The Kier molecular flexibility index (Phi) is 2.94. The van der Waals surface area contributed by atoms with Crippen molar-refractivity contribution in [2.24, 2.45) is 5.73 Å². The summed E-state index contributed by atoms with van der Waals surface area (Å²) >= 11 is 1.97. The molecule has 1 aliphatic carbocycles. The fourth-order valence-corrected chi connectivity index (χ4v) is 3.16. The number of hydrogen-bond acceptors (Lipinski definition) is 3. The molecule has 3 heteroatoms. The fraction of sp³-hybridized carbons (Fsp3) is 1.00. The first-order chi connectivity index (χ1) is 5.86. The molecule has 0 aromatic rings. The number of nitrogens with two attached hydrogens (primary N) is 1. The van der Waals surface area contributed by atoms with Gasteiger partial charge in [0.05, 0.1) is 0 Å². The Balaban J connectivity index is 1.70. The van der Waals surface area contributed by atoms with Crippen LogP contribution in [0.1, 0.15) is 32.1 Å². The van der Waals surface area contributed by atoms with Crippen molar-refractivity contribution >= 4 is 11.8 Å². The lowest BCUT2D eigenvalue weighted by Crippen LogP contribution is -2.43. The van der Waals surface area contributed by atoms with Gasteiger partial charge in [-0.05, 0) is 32.1 Å². The minimum Gasteiger partial charge on any atom is -0.368 e. The van der Waals surface area contributed by atoms with Crippen molar-refractivity contribution in [2.45, 2.75) is 48.8 Å². The lowest BCUT2D eigenvalue weighted by Gasteiger charge is -2.36. The van der Waals surface area contributed by atoms with Crippen molar-refractivity contribution < 1.29 is 4.74 Å². The summed E-state index contributed by atoms with van der Waals surface area (Å²) < 4.78 is 5.64. The maximum Gasteiger partial charge on any atom is 0.103 e. The molecule has 0 amide bonds. The SMILES string of the molecule is N[C@@H]1CC[C@H]1SC1CCCCO1. The minimum atomic E-state index is 0.445. The van der Waals surface area contributed by atoms with E-state index >= 15 is 0 Å². The summed E-state index contributed by atoms with van der Waals surface area (Å²) in [6, 6.07) is 0.445. The van der Waals surface area contributed by atoms with E-state index < -0.39 is 0 Å². The Labute approximate surface area is 78.2 Å². The summed E-state index contributed by atoms with van der Waals surface area (Å²) in [6.07, 6.45) is 6.32. The highest BCUT2D eigenvalue weighted by Gasteiger charge is 2.31. The third kappa shape index (κ3) is 1.95. The number of hydrogen-bond donors (Lipinski definition) is 1. The zero-order chi connectivity index (χ0) is 8.39. The van der Waals surface area contributed by atoms with Crippen molar-refractivity contribution in [2.75, 3.05) is 6.61 Å². The van der Waals surface area contributed by atoms with Crippen molar-refractivity contribution in [3.05, 3.63) is 0 Å². The van der Waals surface area contributed by atoms with Crippen LogP contribution < -0.4 is 5.73 Å². The van der Waals surface area contributed by atoms with Gasteiger partial charge < -0.3 is 10.5 Å². The van der Waals surface area contributed by atoms with Gasteiger partial charge in [0, 0.05) is 17.9 Å². The van der Waals surface area contributed by atoms with Crippen LogP contribution in [0.5, 0.6) is 0 Å². The lowest BCUT2D eigenvalue weighted by molar-refractivity contribution is 0.0718. The highest BCUT2D eigenvalue weighted by molar-refractivity contribution is 8.00. The Hall–Kier alpha value is 0.270. The monoisotopic (exact) mass is 187 g/mol. The topological polar surface area (TPSA) is 35.2 Å². The van der Waals surface area contributed by atoms with Crippen molar-refractivity contribution in [3.8, 4) is 0 Å². The van der Waals surface area contributed by atoms with E-state index in [1.54, 1.807) is 0 Å². The van der Waals surface area contributed by atoms with Gasteiger partial charge in [-0.2, -0.15) is 0 Å². The van der Waals surface area contributed by atoms with Gasteiger partial charge in [-0.3, -0.25) is 0 Å². The predicted molar refractivity (Wildman–Crippen MR) is 52.2 cm³/mol. The quantitative estimate of drug-likeness (QED) is 0.715. The summed E-state index contributed by atoms with van der Waals surface area (Å²) in [6.45, 7) is 0.958. The van der Waals surface area contributed by atoms with E-state index in [1.807, 2.05) is 11.8 Å². The highest BCUT2D eigenvalue weighted by Crippen LogP contribution is 2.36. The Morgan fingerprint density at radius 2 is 2.08 bits per heavy atom. The van der Waals surface area contributed by atoms with E-state index in [0.717, 1.165) is 6.61 Å². The third-order valence-electron chi connectivity index (χ3n) is 2.73. The van der Waals surface area contributed by atoms with E-state index in [1.165, 1.54) is 32.1 Å². The molecule has 12 heavy (non-hydrogen) atoms. The lowest BCUT2D eigenvalue weighted by atomic mass is 9.93. The average Bonchev–Trinajstić information content (AvgIpc) is 2.14. The van der Waals surface area contributed by atoms with Crippen LogP contribution in [0.3, 0.4) is 0 Å². The summed E-state index contributed by atoms with van der Waals surface area (Å²) in [5.41, 5.74) is 6.32. The van der Waals surface area contributed by atoms with E-state index in [0.29, 0.717) is 16.7 Å². The van der Waals surface area contributed by atoms with Gasteiger partial charge in [0.15, 0.2) is 0 Å². The Morgan fingerprint density at radius 1 is 1.17 bits per heavy atom. The fourth-order valence-electron chi connectivity index (χ4n) is 1.68. The Bertz CT molecular complexity index is 147. The molecule has 0 radical (unpaired) electrons. The second-order valence-corrected chi connectivity index (χ2v) is 5.12. The van der Waals surface area contributed by atoms with Crippen LogP contribution in [-0.4, -0.2) is 23.3 Å². The maximum atomic E-state index is 5.86. The molecule has 0 aromatic heterocycles. The second kappa shape index (κ2) is 3.99. The molecule has 1 saturated carbocycles. The van der Waals surface area contributed by atoms with E-state index in [2.05, 4.69) is 0 Å². The largest absolute Gasteiger partial charge is 0.368 e. The molecule has 70 valence electrons. The normalized spacial score (nSPS) is 42.2. The van der Waals surface area contributed by atoms with Gasteiger partial charge in [-0.15, -0.1) is 11.8 Å². The van der Waals surface area contributed by atoms with Gasteiger partial charge in [0.25, 0.3) is 0 Å². The number of ether oxygens (including phenoxy) is 1. The minimum absolute atomic E-state index is 0.445. The second-order valence-electron chi connectivity index (χ2n) is 3.71. The van der Waals surface area contributed by atoms with Gasteiger partial charge >= 0.3 is 0 Å². The summed E-state index contributed by atoms with van der Waals surface area (Å²) in [5, 5.41) is 0.688. The molecule has 1 heterocycles. The number of thioether (sulfide) groups is 1. The molecule has 2 nitrogen and oxygen atoms in total. The molecule has 1 aliphatic heterocycles. The molecule has 2 rings (SSSR count). The molecule has 0 aromatic carbocycles. The van der Waals surface area contributed by atoms with Crippen LogP contribution in [0.25, 0.3) is 0 Å². The Morgan fingerprint density at radius 3 is 2.58 bits per heavy atom.